The van der Waals surface area contributed by atoms with Gasteiger partial charge in [0.15, 0.2) is 4.80 Å². The maximum atomic E-state index is 13.7. The number of rotatable bonds is 3. The smallest absolute Gasteiger partial charge is 0.271 e. The fraction of sp³-hybridized carbons (Fsp3) is 0.143. The van der Waals surface area contributed by atoms with Gasteiger partial charge in [0.2, 0.25) is 0 Å². The Morgan fingerprint density at radius 3 is 2.56 bits per heavy atom. The zero-order chi connectivity index (χ0) is 23.2. The van der Waals surface area contributed by atoms with Gasteiger partial charge < -0.3 is 0 Å². The summed E-state index contributed by atoms with van der Waals surface area (Å²) in [5.41, 5.74) is 6.83. The molecule has 34 heavy (non-hydrogen) atoms. The lowest BCUT2D eigenvalue weighted by Gasteiger charge is -2.30. The summed E-state index contributed by atoms with van der Waals surface area (Å²) >= 11 is 9.22. The highest BCUT2D eigenvalue weighted by Gasteiger charge is 2.32. The van der Waals surface area contributed by atoms with Crippen LogP contribution in [-0.4, -0.2) is 10.8 Å². The molecule has 0 bridgehead atoms. The lowest BCUT2D eigenvalue weighted by Crippen LogP contribution is -2.38. The van der Waals surface area contributed by atoms with Gasteiger partial charge in [-0.3, -0.25) is 9.36 Å². The number of thiazole rings is 1. The summed E-state index contributed by atoms with van der Waals surface area (Å²) in [5.74, 6) is 0. The fourth-order valence-corrected chi connectivity index (χ4v) is 6.35. The highest BCUT2D eigenvalue weighted by Crippen LogP contribution is 2.41. The van der Waals surface area contributed by atoms with E-state index >= 15 is 0 Å². The molecule has 4 aromatic rings. The molecule has 1 unspecified atom stereocenters. The van der Waals surface area contributed by atoms with Crippen LogP contribution in [0.3, 0.4) is 0 Å². The third-order valence-electron chi connectivity index (χ3n) is 6.47. The van der Waals surface area contributed by atoms with Crippen LogP contribution in [0.15, 0.2) is 93.1 Å². The van der Waals surface area contributed by atoms with Gasteiger partial charge in [0, 0.05) is 15.5 Å². The molecule has 1 aromatic heterocycles. The zero-order valence-electron chi connectivity index (χ0n) is 18.5. The van der Waals surface area contributed by atoms with Gasteiger partial charge in [-0.25, -0.2) is 4.99 Å². The summed E-state index contributed by atoms with van der Waals surface area (Å²) in [5, 5.41) is 0.679. The minimum Gasteiger partial charge on any atom is -0.272 e. The predicted molar refractivity (Wildman–Crippen MR) is 142 cm³/mol. The maximum absolute atomic E-state index is 13.7. The van der Waals surface area contributed by atoms with E-state index in [4.69, 9.17) is 16.6 Å². The second-order valence-corrected chi connectivity index (χ2v) is 10.8. The summed E-state index contributed by atoms with van der Waals surface area (Å²) in [6.07, 6.45) is 5.86. The van der Waals surface area contributed by atoms with Crippen LogP contribution in [0, 0.1) is 0 Å². The zero-order valence-corrected chi connectivity index (χ0v) is 20.9. The Bertz CT molecular complexity index is 1610. The van der Waals surface area contributed by atoms with Crippen molar-refractivity contribution in [1.29, 1.82) is 0 Å². The van der Waals surface area contributed by atoms with Crippen molar-refractivity contribution in [1.82, 2.24) is 4.57 Å². The normalized spacial score (nSPS) is 17.1. The number of hydrogen-bond acceptors (Lipinski definition) is 4. The minimum absolute atomic E-state index is 0.00283. The average Bonchev–Trinajstić information content (AvgIpc) is 3.18. The van der Waals surface area contributed by atoms with E-state index in [0.29, 0.717) is 9.55 Å². The molecule has 6 rings (SSSR count). The number of benzene rings is 3. The third-order valence-corrected chi connectivity index (χ3v) is 8.45. The molecule has 0 amide bonds. The van der Waals surface area contributed by atoms with Crippen molar-refractivity contribution in [2.45, 2.75) is 23.8 Å². The van der Waals surface area contributed by atoms with Crippen LogP contribution in [0.1, 0.15) is 34.7 Å². The average molecular weight is 501 g/mol. The molecule has 0 N–H and O–H groups in total. The van der Waals surface area contributed by atoms with Gasteiger partial charge in [-0.2, -0.15) is 0 Å². The molecule has 3 nitrogen and oxygen atoms in total. The number of aromatic nitrogens is 1. The molecule has 1 aliphatic carbocycles. The van der Waals surface area contributed by atoms with Crippen molar-refractivity contribution in [3.05, 3.63) is 125 Å². The Morgan fingerprint density at radius 2 is 1.79 bits per heavy atom. The van der Waals surface area contributed by atoms with E-state index in [-0.39, 0.29) is 11.6 Å². The molecule has 2 heterocycles. The minimum atomic E-state index is -0.150. The standard InChI is InChI=1S/C28H21ClN2OS2/c1-33-21-13-8-19(9-14-21)26-23-15-10-18-4-2-3-5-22(18)25(23)30-28-31(26)27(32)24(34-28)16-17-6-11-20(29)12-7-17/h2-9,11-14,16,26H,10,15H2,1H3. The fourth-order valence-electron chi connectivity index (χ4n) is 4.82. The molecule has 0 saturated heterocycles. The number of hydrogen-bond donors (Lipinski definition) is 0. The molecule has 6 heteroatoms. The molecule has 0 saturated carbocycles. The summed E-state index contributed by atoms with van der Waals surface area (Å²) in [7, 11) is 0. The number of halogens is 1. The van der Waals surface area contributed by atoms with E-state index in [1.54, 1.807) is 11.8 Å². The monoisotopic (exact) mass is 500 g/mol. The highest BCUT2D eigenvalue weighted by molar-refractivity contribution is 7.98. The Hall–Kier alpha value is -2.86. The first kappa shape index (κ1) is 21.7. The Labute approximate surface area is 210 Å². The molecular formula is C28H21ClN2OS2. The van der Waals surface area contributed by atoms with E-state index < -0.39 is 0 Å². The number of thioether (sulfide) groups is 1. The lowest BCUT2D eigenvalue weighted by molar-refractivity contribution is 0.585. The molecule has 2 aliphatic rings. The van der Waals surface area contributed by atoms with Crippen molar-refractivity contribution in [2.24, 2.45) is 4.99 Å². The van der Waals surface area contributed by atoms with Gasteiger partial charge in [0.05, 0.1) is 16.3 Å². The number of aryl methyl sites for hydroxylation is 1. The van der Waals surface area contributed by atoms with Crippen LogP contribution in [0.25, 0.3) is 11.8 Å². The molecule has 0 fully saturated rings. The van der Waals surface area contributed by atoms with E-state index in [2.05, 4.69) is 54.8 Å². The predicted octanol–water partition coefficient (Wildman–Crippen LogP) is 5.69. The number of nitrogens with zero attached hydrogens (tertiary/aromatic N) is 2. The van der Waals surface area contributed by atoms with Gasteiger partial charge in [-0.15, -0.1) is 11.8 Å². The van der Waals surface area contributed by atoms with E-state index in [0.717, 1.165) is 34.5 Å². The van der Waals surface area contributed by atoms with E-state index in [1.807, 2.05) is 34.9 Å². The largest absolute Gasteiger partial charge is 0.272 e. The molecule has 1 aliphatic heterocycles. The van der Waals surface area contributed by atoms with Gasteiger partial charge in [-0.05, 0) is 71.7 Å². The second kappa shape index (κ2) is 8.73. The van der Waals surface area contributed by atoms with Crippen LogP contribution in [0.4, 0.5) is 0 Å². The van der Waals surface area contributed by atoms with Crippen LogP contribution in [0.2, 0.25) is 5.02 Å². The van der Waals surface area contributed by atoms with Crippen molar-refractivity contribution in [2.75, 3.05) is 6.26 Å². The number of allylic oxidation sites excluding steroid dienone is 1. The Balaban J connectivity index is 1.60. The molecule has 3 aromatic carbocycles. The van der Waals surface area contributed by atoms with Crippen molar-refractivity contribution in [3.63, 3.8) is 0 Å². The second-order valence-electron chi connectivity index (χ2n) is 8.44. The van der Waals surface area contributed by atoms with Gasteiger partial charge in [-0.1, -0.05) is 71.5 Å². The van der Waals surface area contributed by atoms with Gasteiger partial charge in [0.25, 0.3) is 5.56 Å². The Kier molecular flexibility index (Phi) is 5.56. The van der Waals surface area contributed by atoms with Crippen molar-refractivity contribution < 1.29 is 0 Å². The van der Waals surface area contributed by atoms with Crippen molar-refractivity contribution >= 4 is 46.5 Å². The molecule has 0 spiro atoms. The maximum Gasteiger partial charge on any atom is 0.271 e. The van der Waals surface area contributed by atoms with Crippen molar-refractivity contribution in [3.8, 4) is 0 Å². The number of fused-ring (bicyclic) bond motifs is 3. The molecular weight excluding hydrogens is 480 g/mol. The first-order chi connectivity index (χ1) is 16.6. The topological polar surface area (TPSA) is 34.4 Å². The van der Waals surface area contributed by atoms with Crippen LogP contribution >= 0.6 is 34.7 Å². The first-order valence-corrected chi connectivity index (χ1v) is 13.6. The molecule has 168 valence electrons. The van der Waals surface area contributed by atoms with Crippen LogP contribution < -0.4 is 14.9 Å². The van der Waals surface area contributed by atoms with Gasteiger partial charge >= 0.3 is 0 Å². The lowest BCUT2D eigenvalue weighted by atomic mass is 9.83. The van der Waals surface area contributed by atoms with Gasteiger partial charge in [0.1, 0.15) is 0 Å². The van der Waals surface area contributed by atoms with E-state index in [1.165, 1.54) is 32.9 Å². The summed E-state index contributed by atoms with van der Waals surface area (Å²) in [4.78, 5) is 20.8. The molecule has 1 atom stereocenters. The SMILES string of the molecule is CSc1ccc(C2C3=C(N=c4sc(=Cc5ccc(Cl)cc5)c(=O)n42)c2ccccc2CC3)cc1. The van der Waals surface area contributed by atoms with E-state index in [9.17, 15) is 4.79 Å². The quantitative estimate of drug-likeness (QED) is 0.338. The third kappa shape index (κ3) is 3.68. The van der Waals surface area contributed by atoms with Crippen LogP contribution in [0.5, 0.6) is 0 Å². The summed E-state index contributed by atoms with van der Waals surface area (Å²) < 4.78 is 2.58. The summed E-state index contributed by atoms with van der Waals surface area (Å²) in [6.45, 7) is 0. The Morgan fingerprint density at radius 1 is 1.03 bits per heavy atom. The molecule has 0 radical (unpaired) electrons. The summed E-state index contributed by atoms with van der Waals surface area (Å²) in [6, 6.07) is 24.5. The highest BCUT2D eigenvalue weighted by atomic mass is 35.5. The van der Waals surface area contributed by atoms with Crippen LogP contribution in [-0.2, 0) is 6.42 Å². The first-order valence-electron chi connectivity index (χ1n) is 11.1.